The average Bonchev–Trinajstić information content (AvgIpc) is 3.28. The first-order valence-electron chi connectivity index (χ1n) is 11.7. The van der Waals surface area contributed by atoms with E-state index >= 15 is 0 Å². The van der Waals surface area contributed by atoms with Crippen molar-refractivity contribution in [3.05, 3.63) is 76.1 Å². The Labute approximate surface area is 200 Å². The Bertz CT molecular complexity index is 1020. The molecule has 172 valence electrons. The highest BCUT2D eigenvalue weighted by Crippen LogP contribution is 2.35. The van der Waals surface area contributed by atoms with Crippen LogP contribution in [0, 0.1) is 0 Å². The summed E-state index contributed by atoms with van der Waals surface area (Å²) in [7, 11) is 0. The summed E-state index contributed by atoms with van der Waals surface area (Å²) in [5.41, 5.74) is 5.22. The minimum Gasteiger partial charge on any atom is -0.378 e. The summed E-state index contributed by atoms with van der Waals surface area (Å²) < 4.78 is 5.61. The van der Waals surface area contributed by atoms with E-state index in [1.807, 2.05) is 30.5 Å². The third-order valence-corrected chi connectivity index (χ3v) is 6.67. The van der Waals surface area contributed by atoms with Crippen LogP contribution in [0.4, 0.5) is 5.82 Å². The van der Waals surface area contributed by atoms with E-state index in [0.717, 1.165) is 76.2 Å². The van der Waals surface area contributed by atoms with Crippen molar-refractivity contribution in [2.75, 3.05) is 57.4 Å². The number of halogens is 1. The molecule has 0 N–H and O–H groups in total. The normalized spacial score (nSPS) is 21.0. The van der Waals surface area contributed by atoms with Crippen LogP contribution in [0.15, 0.2) is 70.6 Å². The van der Waals surface area contributed by atoms with E-state index in [1.54, 1.807) is 0 Å². The van der Waals surface area contributed by atoms with E-state index in [4.69, 9.17) is 21.4 Å². The van der Waals surface area contributed by atoms with Gasteiger partial charge in [-0.25, -0.2) is 4.98 Å². The zero-order chi connectivity index (χ0) is 22.5. The van der Waals surface area contributed by atoms with Crippen molar-refractivity contribution in [3.8, 4) is 0 Å². The fourth-order valence-electron chi connectivity index (χ4n) is 4.66. The first-order valence-corrected chi connectivity index (χ1v) is 12.1. The van der Waals surface area contributed by atoms with Gasteiger partial charge in [0.1, 0.15) is 5.82 Å². The molecule has 0 atom stereocenters. The van der Waals surface area contributed by atoms with Gasteiger partial charge in [-0.1, -0.05) is 29.8 Å². The van der Waals surface area contributed by atoms with Gasteiger partial charge in [0.2, 0.25) is 0 Å². The van der Waals surface area contributed by atoms with Gasteiger partial charge in [-0.2, -0.15) is 5.10 Å². The zero-order valence-electron chi connectivity index (χ0n) is 18.9. The van der Waals surface area contributed by atoms with Gasteiger partial charge in [0.25, 0.3) is 0 Å². The lowest BCUT2D eigenvalue weighted by Gasteiger charge is -2.34. The Morgan fingerprint density at radius 2 is 1.67 bits per heavy atom. The van der Waals surface area contributed by atoms with Crippen LogP contribution in [-0.2, 0) is 4.74 Å². The standard InChI is InChI=1S/C26H30ClN5O/c27-24-8-4-21(5-9-24)19-22-6-7-23(26(22)31-15-17-33-18-16-31)20-29-32-13-11-30(12-14-32)25-3-1-2-10-28-25/h1-5,8-10,19-20H,6-7,11-18H2/b22-19+,29-20-. The molecule has 0 unspecified atom stereocenters. The molecule has 2 fully saturated rings. The van der Waals surface area contributed by atoms with Crippen LogP contribution in [0.1, 0.15) is 18.4 Å². The van der Waals surface area contributed by atoms with Crippen LogP contribution in [0.5, 0.6) is 0 Å². The lowest BCUT2D eigenvalue weighted by Crippen LogP contribution is -2.44. The molecule has 0 spiro atoms. The fraction of sp³-hybridized carbons (Fsp3) is 0.385. The van der Waals surface area contributed by atoms with Crippen molar-refractivity contribution in [2.45, 2.75) is 12.8 Å². The van der Waals surface area contributed by atoms with Gasteiger partial charge in [0.15, 0.2) is 0 Å². The maximum absolute atomic E-state index is 6.08. The molecular formula is C26H30ClN5O. The number of benzene rings is 1. The van der Waals surface area contributed by atoms with Gasteiger partial charge in [-0.05, 0) is 59.9 Å². The van der Waals surface area contributed by atoms with Crippen molar-refractivity contribution in [1.82, 2.24) is 14.9 Å². The van der Waals surface area contributed by atoms with Gasteiger partial charge in [0.05, 0.1) is 32.5 Å². The summed E-state index contributed by atoms with van der Waals surface area (Å²) in [6.45, 7) is 7.08. The largest absolute Gasteiger partial charge is 0.378 e. The maximum atomic E-state index is 6.08. The van der Waals surface area contributed by atoms with Gasteiger partial charge in [-0.15, -0.1) is 0 Å². The molecule has 2 saturated heterocycles. The van der Waals surface area contributed by atoms with E-state index in [0.29, 0.717) is 0 Å². The smallest absolute Gasteiger partial charge is 0.128 e. The summed E-state index contributed by atoms with van der Waals surface area (Å²) in [5.74, 6) is 1.05. The number of allylic oxidation sites excluding steroid dienone is 2. The lowest BCUT2D eigenvalue weighted by molar-refractivity contribution is 0.0548. The number of morpholine rings is 1. The molecule has 7 heteroatoms. The van der Waals surface area contributed by atoms with Gasteiger partial charge >= 0.3 is 0 Å². The number of anilines is 1. The molecule has 3 aliphatic rings. The quantitative estimate of drug-likeness (QED) is 0.618. The Morgan fingerprint density at radius 1 is 0.879 bits per heavy atom. The number of hydrazone groups is 1. The Morgan fingerprint density at radius 3 is 2.39 bits per heavy atom. The summed E-state index contributed by atoms with van der Waals surface area (Å²) in [4.78, 5) is 9.28. The SMILES string of the molecule is Clc1ccc(/C=C2\CCC(/C=N\N3CCN(c4ccccn4)CC3)=C2N2CCOCC2)cc1. The third kappa shape index (κ3) is 5.40. The first kappa shape index (κ1) is 22.0. The zero-order valence-corrected chi connectivity index (χ0v) is 19.6. The molecular weight excluding hydrogens is 434 g/mol. The van der Waals surface area contributed by atoms with Crippen molar-refractivity contribution < 1.29 is 4.74 Å². The van der Waals surface area contributed by atoms with Crippen LogP contribution < -0.4 is 4.90 Å². The topological polar surface area (TPSA) is 44.2 Å². The van der Waals surface area contributed by atoms with E-state index in [-0.39, 0.29) is 0 Å². The molecule has 1 aromatic carbocycles. The maximum Gasteiger partial charge on any atom is 0.128 e. The molecule has 5 rings (SSSR count). The molecule has 33 heavy (non-hydrogen) atoms. The molecule has 2 aliphatic heterocycles. The number of hydrogen-bond donors (Lipinski definition) is 0. The average molecular weight is 464 g/mol. The van der Waals surface area contributed by atoms with Crippen molar-refractivity contribution in [2.24, 2.45) is 5.10 Å². The van der Waals surface area contributed by atoms with Gasteiger partial charge in [-0.3, -0.25) is 5.01 Å². The number of aromatic nitrogens is 1. The predicted molar refractivity (Wildman–Crippen MR) is 135 cm³/mol. The minimum absolute atomic E-state index is 0.767. The van der Waals surface area contributed by atoms with Crippen LogP contribution in [0.25, 0.3) is 6.08 Å². The van der Waals surface area contributed by atoms with Crippen LogP contribution >= 0.6 is 11.6 Å². The third-order valence-electron chi connectivity index (χ3n) is 6.42. The number of hydrogen-bond acceptors (Lipinski definition) is 6. The molecule has 0 amide bonds. The molecule has 2 aromatic rings. The highest BCUT2D eigenvalue weighted by molar-refractivity contribution is 6.30. The first-order chi connectivity index (χ1) is 16.3. The molecule has 1 aromatic heterocycles. The monoisotopic (exact) mass is 463 g/mol. The van der Waals surface area contributed by atoms with Crippen LogP contribution in [-0.4, -0.2) is 73.6 Å². The summed E-state index contributed by atoms with van der Waals surface area (Å²) in [5, 5.41) is 7.84. The van der Waals surface area contributed by atoms with E-state index in [1.165, 1.54) is 22.4 Å². The molecule has 0 radical (unpaired) electrons. The van der Waals surface area contributed by atoms with Crippen molar-refractivity contribution >= 4 is 29.7 Å². The van der Waals surface area contributed by atoms with E-state index in [2.05, 4.69) is 50.3 Å². The second-order valence-corrected chi connectivity index (χ2v) is 9.00. The number of nitrogens with zero attached hydrogens (tertiary/aromatic N) is 5. The molecule has 0 saturated carbocycles. The summed E-state index contributed by atoms with van der Waals surface area (Å²) >= 11 is 6.08. The van der Waals surface area contributed by atoms with Gasteiger partial charge in [0, 0.05) is 43.1 Å². The Hall–Kier alpha value is -2.83. The minimum atomic E-state index is 0.767. The van der Waals surface area contributed by atoms with Crippen LogP contribution in [0.3, 0.4) is 0 Å². The van der Waals surface area contributed by atoms with Gasteiger partial charge < -0.3 is 14.5 Å². The Kier molecular flexibility index (Phi) is 6.93. The molecule has 1 aliphatic carbocycles. The second-order valence-electron chi connectivity index (χ2n) is 8.57. The number of piperazine rings is 1. The predicted octanol–water partition coefficient (Wildman–Crippen LogP) is 4.31. The highest BCUT2D eigenvalue weighted by atomic mass is 35.5. The number of pyridine rings is 1. The second kappa shape index (κ2) is 10.4. The molecule has 6 nitrogen and oxygen atoms in total. The highest BCUT2D eigenvalue weighted by Gasteiger charge is 2.26. The lowest BCUT2D eigenvalue weighted by atomic mass is 10.1. The summed E-state index contributed by atoms with van der Waals surface area (Å²) in [6.07, 6.45) is 8.31. The molecule has 0 bridgehead atoms. The number of rotatable bonds is 5. The fourth-order valence-corrected chi connectivity index (χ4v) is 4.79. The van der Waals surface area contributed by atoms with E-state index < -0.39 is 0 Å². The van der Waals surface area contributed by atoms with Crippen LogP contribution in [0.2, 0.25) is 5.02 Å². The van der Waals surface area contributed by atoms with Crippen molar-refractivity contribution in [1.29, 1.82) is 0 Å². The Balaban J connectivity index is 1.32. The van der Waals surface area contributed by atoms with E-state index in [9.17, 15) is 0 Å². The summed E-state index contributed by atoms with van der Waals surface area (Å²) in [6, 6.07) is 14.1. The van der Waals surface area contributed by atoms with Crippen molar-refractivity contribution in [3.63, 3.8) is 0 Å². The number of ether oxygens (including phenoxy) is 1. The molecule has 3 heterocycles.